The molecule has 138 valence electrons. The summed E-state index contributed by atoms with van der Waals surface area (Å²) in [7, 11) is -3.82. The molecule has 1 fully saturated rings. The first-order valence-corrected chi connectivity index (χ1v) is 10.3. The second-order valence-electron chi connectivity index (χ2n) is 5.85. The Balaban J connectivity index is 1.66. The number of non-ortho nitro benzene ring substituents is 1. The molecule has 2 heterocycles. The van der Waals surface area contributed by atoms with Crippen molar-refractivity contribution >= 4 is 33.0 Å². The molecule has 8 nitrogen and oxygen atoms in total. The summed E-state index contributed by atoms with van der Waals surface area (Å²) in [4.78, 5) is 24.1. The van der Waals surface area contributed by atoms with Gasteiger partial charge in [-0.05, 0) is 28.5 Å². The van der Waals surface area contributed by atoms with E-state index in [0.717, 1.165) is 11.6 Å². The summed E-state index contributed by atoms with van der Waals surface area (Å²) in [5.41, 5.74) is 0.683. The van der Waals surface area contributed by atoms with Crippen LogP contribution in [0.1, 0.15) is 5.56 Å². The van der Waals surface area contributed by atoms with Gasteiger partial charge in [0.25, 0.3) is 5.69 Å². The minimum Gasteiger partial charge on any atom is -0.340 e. The fourth-order valence-electron chi connectivity index (χ4n) is 2.76. The number of rotatable bonds is 5. The molecule has 1 saturated heterocycles. The third kappa shape index (κ3) is 3.92. The Morgan fingerprint density at radius 3 is 2.54 bits per heavy atom. The zero-order valence-corrected chi connectivity index (χ0v) is 15.4. The summed E-state index contributed by atoms with van der Waals surface area (Å²) in [5, 5.41) is 14.7. The van der Waals surface area contributed by atoms with E-state index in [0.29, 0.717) is 19.5 Å². The number of sulfonamides is 1. The van der Waals surface area contributed by atoms with Crippen LogP contribution in [0.25, 0.3) is 0 Å². The molecule has 1 aliphatic heterocycles. The minimum atomic E-state index is -3.82. The number of nitro benzene ring substituents is 1. The second kappa shape index (κ2) is 7.52. The van der Waals surface area contributed by atoms with E-state index in [1.807, 2.05) is 16.8 Å². The largest absolute Gasteiger partial charge is 0.340 e. The van der Waals surface area contributed by atoms with Gasteiger partial charge in [0.2, 0.25) is 15.9 Å². The van der Waals surface area contributed by atoms with Crippen LogP contribution in [0.4, 0.5) is 5.69 Å². The number of piperazine rings is 1. The molecule has 0 radical (unpaired) electrons. The van der Waals surface area contributed by atoms with Crippen molar-refractivity contribution in [2.75, 3.05) is 26.2 Å². The van der Waals surface area contributed by atoms with Crippen LogP contribution in [0.5, 0.6) is 0 Å². The molecule has 1 aromatic carbocycles. The SMILES string of the molecule is O=C(Cc1ccsc1)N1CCN(S(=O)(=O)c2cccc([N+](=O)[O-])c2)CC1. The smallest absolute Gasteiger partial charge is 0.270 e. The molecule has 26 heavy (non-hydrogen) atoms. The predicted octanol–water partition coefficient (Wildman–Crippen LogP) is 1.73. The maximum Gasteiger partial charge on any atom is 0.270 e. The van der Waals surface area contributed by atoms with Crippen molar-refractivity contribution in [2.24, 2.45) is 0 Å². The average Bonchev–Trinajstić information content (AvgIpc) is 3.15. The van der Waals surface area contributed by atoms with E-state index >= 15 is 0 Å². The first kappa shape index (κ1) is 18.5. The molecule has 0 spiro atoms. The van der Waals surface area contributed by atoms with Crippen molar-refractivity contribution < 1.29 is 18.1 Å². The highest BCUT2D eigenvalue weighted by Crippen LogP contribution is 2.22. The van der Waals surface area contributed by atoms with E-state index in [9.17, 15) is 23.3 Å². The third-order valence-electron chi connectivity index (χ3n) is 4.19. The van der Waals surface area contributed by atoms with Crippen LogP contribution in [0.3, 0.4) is 0 Å². The lowest BCUT2D eigenvalue weighted by Crippen LogP contribution is -2.50. The number of hydrogen-bond donors (Lipinski definition) is 0. The first-order chi connectivity index (χ1) is 12.4. The maximum atomic E-state index is 12.7. The quantitative estimate of drug-likeness (QED) is 0.567. The highest BCUT2D eigenvalue weighted by molar-refractivity contribution is 7.89. The topological polar surface area (TPSA) is 101 Å². The predicted molar refractivity (Wildman–Crippen MR) is 96.5 cm³/mol. The van der Waals surface area contributed by atoms with E-state index < -0.39 is 14.9 Å². The summed E-state index contributed by atoms with van der Waals surface area (Å²) in [5.74, 6) is -0.0317. The van der Waals surface area contributed by atoms with Gasteiger partial charge in [-0.25, -0.2) is 8.42 Å². The summed E-state index contributed by atoms with van der Waals surface area (Å²) < 4.78 is 26.7. The average molecular weight is 395 g/mol. The van der Waals surface area contributed by atoms with Crippen LogP contribution in [0.2, 0.25) is 0 Å². The van der Waals surface area contributed by atoms with E-state index in [1.165, 1.54) is 33.8 Å². The Morgan fingerprint density at radius 1 is 1.19 bits per heavy atom. The standard InChI is InChI=1S/C16H17N3O5S2/c20-16(10-13-4-9-25-12-13)17-5-7-18(8-6-17)26(23,24)15-3-1-2-14(11-15)19(21)22/h1-4,9,11-12H,5-8,10H2. The molecule has 0 saturated carbocycles. The zero-order chi connectivity index (χ0) is 18.7. The molecule has 1 aliphatic rings. The van der Waals surface area contributed by atoms with Crippen molar-refractivity contribution in [3.63, 3.8) is 0 Å². The van der Waals surface area contributed by atoms with Crippen LogP contribution in [-0.4, -0.2) is 54.6 Å². The van der Waals surface area contributed by atoms with Gasteiger partial charge in [0.15, 0.2) is 0 Å². The molecular formula is C16H17N3O5S2. The van der Waals surface area contributed by atoms with Crippen LogP contribution in [0, 0.1) is 10.1 Å². The van der Waals surface area contributed by atoms with Gasteiger partial charge in [-0.3, -0.25) is 14.9 Å². The van der Waals surface area contributed by atoms with Gasteiger partial charge in [0, 0.05) is 38.3 Å². The Hall–Kier alpha value is -2.30. The molecule has 0 aliphatic carbocycles. The second-order valence-corrected chi connectivity index (χ2v) is 8.57. The summed E-state index contributed by atoms with van der Waals surface area (Å²) in [6.45, 7) is 0.940. The van der Waals surface area contributed by atoms with Crippen molar-refractivity contribution in [1.82, 2.24) is 9.21 Å². The number of benzene rings is 1. The monoisotopic (exact) mass is 395 g/mol. The highest BCUT2D eigenvalue weighted by atomic mass is 32.2. The highest BCUT2D eigenvalue weighted by Gasteiger charge is 2.30. The Morgan fingerprint density at radius 2 is 1.92 bits per heavy atom. The van der Waals surface area contributed by atoms with Gasteiger partial charge in [0.05, 0.1) is 16.2 Å². The van der Waals surface area contributed by atoms with Crippen molar-refractivity contribution in [2.45, 2.75) is 11.3 Å². The van der Waals surface area contributed by atoms with Crippen molar-refractivity contribution in [3.05, 3.63) is 56.8 Å². The lowest BCUT2D eigenvalue weighted by molar-refractivity contribution is -0.385. The molecule has 2 aromatic rings. The molecule has 0 atom stereocenters. The van der Waals surface area contributed by atoms with Crippen LogP contribution in [0.15, 0.2) is 46.0 Å². The van der Waals surface area contributed by atoms with Crippen LogP contribution >= 0.6 is 11.3 Å². The first-order valence-electron chi connectivity index (χ1n) is 7.91. The molecule has 3 rings (SSSR count). The third-order valence-corrected chi connectivity index (χ3v) is 6.82. The molecule has 10 heteroatoms. The fraction of sp³-hybridized carbons (Fsp3) is 0.312. The van der Waals surface area contributed by atoms with E-state index in [-0.39, 0.29) is 29.6 Å². The Kier molecular flexibility index (Phi) is 5.35. The van der Waals surface area contributed by atoms with Gasteiger partial charge >= 0.3 is 0 Å². The fourth-order valence-corrected chi connectivity index (χ4v) is 4.90. The molecule has 0 N–H and O–H groups in total. The normalized spacial score (nSPS) is 15.8. The number of hydrogen-bond acceptors (Lipinski definition) is 6. The van der Waals surface area contributed by atoms with Crippen LogP contribution < -0.4 is 0 Å². The number of carbonyl (C=O) groups is 1. The van der Waals surface area contributed by atoms with Crippen molar-refractivity contribution in [1.29, 1.82) is 0 Å². The summed E-state index contributed by atoms with van der Waals surface area (Å²) in [6.07, 6.45) is 0.307. The van der Waals surface area contributed by atoms with Crippen molar-refractivity contribution in [3.8, 4) is 0 Å². The number of thiophene rings is 1. The van der Waals surface area contributed by atoms with E-state index in [2.05, 4.69) is 0 Å². The Labute approximate surface area is 154 Å². The zero-order valence-electron chi connectivity index (χ0n) is 13.8. The molecule has 0 unspecified atom stereocenters. The molecule has 1 aromatic heterocycles. The number of nitrogens with zero attached hydrogens (tertiary/aromatic N) is 3. The van der Waals surface area contributed by atoms with E-state index in [4.69, 9.17) is 0 Å². The van der Waals surface area contributed by atoms with E-state index in [1.54, 1.807) is 4.90 Å². The van der Waals surface area contributed by atoms with Gasteiger partial charge in [-0.15, -0.1) is 0 Å². The number of amides is 1. The van der Waals surface area contributed by atoms with Gasteiger partial charge in [-0.2, -0.15) is 15.6 Å². The van der Waals surface area contributed by atoms with Crippen LogP contribution in [-0.2, 0) is 21.2 Å². The van der Waals surface area contributed by atoms with Gasteiger partial charge < -0.3 is 4.90 Å². The lowest BCUT2D eigenvalue weighted by Gasteiger charge is -2.34. The van der Waals surface area contributed by atoms with Gasteiger partial charge in [0.1, 0.15) is 0 Å². The van der Waals surface area contributed by atoms with Gasteiger partial charge in [-0.1, -0.05) is 6.07 Å². The lowest BCUT2D eigenvalue weighted by atomic mass is 10.2. The number of carbonyl (C=O) groups excluding carboxylic acids is 1. The molecule has 1 amide bonds. The molecular weight excluding hydrogens is 378 g/mol. The molecule has 0 bridgehead atoms. The maximum absolute atomic E-state index is 12.7. The minimum absolute atomic E-state index is 0.0317. The summed E-state index contributed by atoms with van der Waals surface area (Å²) in [6, 6.07) is 6.90. The Bertz CT molecular complexity index is 904. The summed E-state index contributed by atoms with van der Waals surface area (Å²) >= 11 is 1.53. The number of nitro groups is 1.